The van der Waals surface area contributed by atoms with Crippen molar-refractivity contribution in [2.75, 3.05) is 18.9 Å². The van der Waals surface area contributed by atoms with Crippen LogP contribution in [-0.2, 0) is 4.79 Å². The van der Waals surface area contributed by atoms with Crippen LogP contribution in [0.25, 0.3) is 0 Å². The van der Waals surface area contributed by atoms with Crippen molar-refractivity contribution in [2.24, 2.45) is 5.92 Å². The lowest BCUT2D eigenvalue weighted by Crippen LogP contribution is -2.43. The van der Waals surface area contributed by atoms with Gasteiger partial charge in [0.2, 0.25) is 5.91 Å². The molecule has 1 aromatic rings. The van der Waals surface area contributed by atoms with Crippen molar-refractivity contribution in [3.05, 3.63) is 29.3 Å². The van der Waals surface area contributed by atoms with Gasteiger partial charge in [-0.3, -0.25) is 9.69 Å². The maximum absolute atomic E-state index is 12.2. The lowest BCUT2D eigenvalue weighted by atomic mass is 10.2. The van der Waals surface area contributed by atoms with E-state index in [9.17, 15) is 9.90 Å². The third-order valence-corrected chi connectivity index (χ3v) is 4.14. The Labute approximate surface area is 124 Å². The van der Waals surface area contributed by atoms with Gasteiger partial charge in [-0.25, -0.2) is 0 Å². The summed E-state index contributed by atoms with van der Waals surface area (Å²) in [4.78, 5) is 14.1. The predicted molar refractivity (Wildman–Crippen MR) is 80.9 cm³/mol. The molecular formula is C15H21ClN2O2. The van der Waals surface area contributed by atoms with Gasteiger partial charge in [0.05, 0.1) is 22.9 Å². The smallest absolute Gasteiger partial charge is 0.241 e. The Morgan fingerprint density at radius 2 is 2.15 bits per heavy atom. The van der Waals surface area contributed by atoms with Crippen LogP contribution in [0.3, 0.4) is 0 Å². The van der Waals surface area contributed by atoms with Crippen LogP contribution in [0.5, 0.6) is 0 Å². The van der Waals surface area contributed by atoms with Crippen LogP contribution in [0.2, 0.25) is 5.02 Å². The van der Waals surface area contributed by atoms with E-state index in [2.05, 4.69) is 5.32 Å². The Morgan fingerprint density at radius 3 is 2.75 bits per heavy atom. The number of halogens is 1. The molecular weight excluding hydrogens is 276 g/mol. The van der Waals surface area contributed by atoms with E-state index in [1.54, 1.807) is 12.1 Å². The van der Waals surface area contributed by atoms with Gasteiger partial charge in [0, 0.05) is 6.54 Å². The molecule has 1 amide bonds. The monoisotopic (exact) mass is 296 g/mol. The summed E-state index contributed by atoms with van der Waals surface area (Å²) in [6.07, 6.45) is 1.85. The molecule has 4 nitrogen and oxygen atoms in total. The lowest BCUT2D eigenvalue weighted by molar-refractivity contribution is -0.120. The molecule has 1 aliphatic carbocycles. The van der Waals surface area contributed by atoms with E-state index in [4.69, 9.17) is 11.6 Å². The molecule has 1 aromatic carbocycles. The molecule has 2 rings (SSSR count). The van der Waals surface area contributed by atoms with Crippen LogP contribution in [-0.4, -0.2) is 41.7 Å². The second kappa shape index (κ2) is 6.57. The van der Waals surface area contributed by atoms with Crippen molar-refractivity contribution >= 4 is 23.2 Å². The minimum atomic E-state index is -0.337. The number of aliphatic hydroxyl groups excluding tert-OH is 1. The van der Waals surface area contributed by atoms with Crippen molar-refractivity contribution in [3.63, 3.8) is 0 Å². The molecule has 2 atom stereocenters. The summed E-state index contributed by atoms with van der Waals surface area (Å²) < 4.78 is 0. The zero-order valence-corrected chi connectivity index (χ0v) is 12.6. The van der Waals surface area contributed by atoms with Crippen LogP contribution >= 0.6 is 11.6 Å². The Hall–Kier alpha value is -1.10. The van der Waals surface area contributed by atoms with E-state index in [0.29, 0.717) is 23.2 Å². The Bertz CT molecular complexity index is 477. The van der Waals surface area contributed by atoms with Gasteiger partial charge in [-0.1, -0.05) is 23.7 Å². The second-order valence-electron chi connectivity index (χ2n) is 5.49. The molecule has 5 heteroatoms. The number of nitrogens with one attached hydrogen (secondary N) is 1. The average molecular weight is 297 g/mol. The number of anilines is 1. The van der Waals surface area contributed by atoms with Crippen LogP contribution in [0.4, 0.5) is 5.69 Å². The van der Waals surface area contributed by atoms with E-state index >= 15 is 0 Å². The summed E-state index contributed by atoms with van der Waals surface area (Å²) in [6.45, 7) is 2.34. The van der Waals surface area contributed by atoms with Gasteiger partial charge < -0.3 is 10.4 Å². The largest absolute Gasteiger partial charge is 0.392 e. The highest BCUT2D eigenvalue weighted by molar-refractivity contribution is 6.33. The molecule has 0 bridgehead atoms. The summed E-state index contributed by atoms with van der Waals surface area (Å²) >= 11 is 6.02. The maximum Gasteiger partial charge on any atom is 0.241 e. The van der Waals surface area contributed by atoms with Crippen LogP contribution < -0.4 is 5.32 Å². The van der Waals surface area contributed by atoms with Crippen LogP contribution in [0.15, 0.2) is 24.3 Å². The van der Waals surface area contributed by atoms with E-state index in [-0.39, 0.29) is 18.1 Å². The minimum Gasteiger partial charge on any atom is -0.392 e. The fraction of sp³-hybridized carbons (Fsp3) is 0.533. The molecule has 1 fully saturated rings. The molecule has 0 aromatic heterocycles. The molecule has 20 heavy (non-hydrogen) atoms. The molecule has 2 unspecified atom stereocenters. The molecule has 1 aliphatic rings. The summed E-state index contributed by atoms with van der Waals surface area (Å²) in [5.74, 6) is 0.292. The third kappa shape index (κ3) is 3.95. The topological polar surface area (TPSA) is 52.6 Å². The first-order chi connectivity index (χ1) is 9.49. The van der Waals surface area contributed by atoms with Crippen LogP contribution in [0.1, 0.15) is 19.8 Å². The van der Waals surface area contributed by atoms with E-state index in [1.165, 1.54) is 0 Å². The average Bonchev–Trinajstić information content (AvgIpc) is 3.24. The number of amides is 1. The van der Waals surface area contributed by atoms with Gasteiger partial charge in [0.25, 0.3) is 0 Å². The SMILES string of the molecule is CC(C(=O)Nc1ccccc1Cl)N(C)CC(O)C1CC1. The summed E-state index contributed by atoms with van der Waals surface area (Å²) in [5, 5.41) is 13.3. The number of aliphatic hydroxyl groups is 1. The van der Waals surface area contributed by atoms with Gasteiger partial charge >= 0.3 is 0 Å². The third-order valence-electron chi connectivity index (χ3n) is 3.81. The first kappa shape index (κ1) is 15.3. The number of hydrogen-bond donors (Lipinski definition) is 2. The molecule has 0 aliphatic heterocycles. The van der Waals surface area contributed by atoms with Crippen LogP contribution in [0, 0.1) is 5.92 Å². The molecule has 110 valence electrons. The normalized spacial score (nSPS) is 17.9. The van der Waals surface area contributed by atoms with E-state index < -0.39 is 0 Å². The fourth-order valence-electron chi connectivity index (χ4n) is 2.08. The van der Waals surface area contributed by atoms with E-state index in [1.807, 2.05) is 31.0 Å². The number of carbonyl (C=O) groups excluding carboxylic acids is 1. The number of para-hydroxylation sites is 1. The highest BCUT2D eigenvalue weighted by atomic mass is 35.5. The van der Waals surface area contributed by atoms with Crippen molar-refractivity contribution in [1.29, 1.82) is 0 Å². The second-order valence-corrected chi connectivity index (χ2v) is 5.90. The Balaban J connectivity index is 1.89. The summed E-state index contributed by atoms with van der Waals surface area (Å²) in [7, 11) is 1.85. The fourth-order valence-corrected chi connectivity index (χ4v) is 2.27. The molecule has 1 saturated carbocycles. The number of benzene rings is 1. The maximum atomic E-state index is 12.2. The number of likely N-dealkylation sites (N-methyl/N-ethyl adjacent to an activating group) is 1. The summed E-state index contributed by atoms with van der Waals surface area (Å²) in [6, 6.07) is 6.83. The highest BCUT2D eigenvalue weighted by Gasteiger charge is 2.31. The molecule has 0 heterocycles. The van der Waals surface area contributed by atoms with Crippen molar-refractivity contribution in [2.45, 2.75) is 31.9 Å². The van der Waals surface area contributed by atoms with Gasteiger partial charge in [-0.2, -0.15) is 0 Å². The molecule has 0 saturated heterocycles. The minimum absolute atomic E-state index is 0.122. The quantitative estimate of drug-likeness (QED) is 0.847. The van der Waals surface area contributed by atoms with Crippen molar-refractivity contribution in [3.8, 4) is 0 Å². The lowest BCUT2D eigenvalue weighted by Gasteiger charge is -2.26. The van der Waals surface area contributed by atoms with Gasteiger partial charge in [0.1, 0.15) is 0 Å². The Morgan fingerprint density at radius 1 is 1.50 bits per heavy atom. The number of nitrogens with zero attached hydrogens (tertiary/aromatic N) is 1. The number of hydrogen-bond acceptors (Lipinski definition) is 3. The van der Waals surface area contributed by atoms with E-state index in [0.717, 1.165) is 12.8 Å². The first-order valence-corrected chi connectivity index (χ1v) is 7.30. The summed E-state index contributed by atoms with van der Waals surface area (Å²) in [5.41, 5.74) is 0.613. The zero-order valence-electron chi connectivity index (χ0n) is 11.8. The Kier molecular flexibility index (Phi) is 5.02. The zero-order chi connectivity index (χ0) is 14.7. The first-order valence-electron chi connectivity index (χ1n) is 6.92. The van der Waals surface area contributed by atoms with Gasteiger partial charge in [0.15, 0.2) is 0 Å². The molecule has 0 radical (unpaired) electrons. The molecule has 0 spiro atoms. The highest BCUT2D eigenvalue weighted by Crippen LogP contribution is 2.32. The predicted octanol–water partition coefficient (Wildman–Crippen LogP) is 2.37. The number of carbonyl (C=O) groups is 1. The van der Waals surface area contributed by atoms with Crippen molar-refractivity contribution < 1.29 is 9.90 Å². The van der Waals surface area contributed by atoms with Crippen molar-refractivity contribution in [1.82, 2.24) is 4.90 Å². The molecule has 2 N–H and O–H groups in total. The van der Waals surface area contributed by atoms with Gasteiger partial charge in [-0.05, 0) is 44.9 Å². The number of rotatable bonds is 6. The standard InChI is InChI=1S/C15H21ClN2O2/c1-10(18(2)9-14(19)11-7-8-11)15(20)17-13-6-4-3-5-12(13)16/h3-6,10-11,14,19H,7-9H2,1-2H3,(H,17,20). The van der Waals surface area contributed by atoms with Gasteiger partial charge in [-0.15, -0.1) is 0 Å².